The van der Waals surface area contributed by atoms with Crippen LogP contribution in [0.25, 0.3) is 0 Å². The van der Waals surface area contributed by atoms with Crippen LogP contribution in [0, 0.1) is 6.92 Å². The van der Waals surface area contributed by atoms with E-state index in [-0.39, 0.29) is 5.75 Å². The second-order valence-electron chi connectivity index (χ2n) is 4.14. The molecule has 0 aliphatic rings. The van der Waals surface area contributed by atoms with Crippen molar-refractivity contribution in [2.75, 3.05) is 0 Å². The Morgan fingerprint density at radius 3 is 2.45 bits per heavy atom. The predicted molar refractivity (Wildman–Crippen MR) is 70.5 cm³/mol. The molecule has 0 saturated heterocycles. The summed E-state index contributed by atoms with van der Waals surface area (Å²) in [5.41, 5.74) is 0.890. The number of alkyl halides is 3. The van der Waals surface area contributed by atoms with Gasteiger partial charge in [0.15, 0.2) is 0 Å². The quantitative estimate of drug-likeness (QED) is 0.915. The van der Waals surface area contributed by atoms with Crippen LogP contribution in [-0.2, 0) is 13.1 Å². The average Bonchev–Trinajstić information content (AvgIpc) is 2.75. The number of rotatable bonds is 5. The van der Waals surface area contributed by atoms with E-state index in [1.54, 1.807) is 23.5 Å². The minimum atomic E-state index is -4.65. The minimum Gasteiger partial charge on any atom is -0.406 e. The van der Waals surface area contributed by atoms with E-state index in [0.29, 0.717) is 13.1 Å². The molecule has 0 fully saturated rings. The molecule has 1 N–H and O–H groups in total. The normalized spacial score (nSPS) is 11.6. The molecule has 0 aliphatic carbocycles. The summed E-state index contributed by atoms with van der Waals surface area (Å²) >= 11 is 1.61. The van der Waals surface area contributed by atoms with Gasteiger partial charge in [-0.05, 0) is 24.6 Å². The smallest absolute Gasteiger partial charge is 0.406 e. The van der Waals surface area contributed by atoms with Crippen LogP contribution in [0.4, 0.5) is 13.2 Å². The van der Waals surface area contributed by atoms with Gasteiger partial charge in [-0.25, -0.2) is 4.98 Å². The maximum absolute atomic E-state index is 12.0. The van der Waals surface area contributed by atoms with E-state index in [1.807, 2.05) is 13.1 Å². The van der Waals surface area contributed by atoms with Crippen LogP contribution >= 0.6 is 11.3 Å². The van der Waals surface area contributed by atoms with E-state index in [9.17, 15) is 13.2 Å². The zero-order valence-corrected chi connectivity index (χ0v) is 11.5. The SMILES string of the molecule is Cc1ncc(CNCc2ccc(OC(F)(F)F)cc2)s1. The fraction of sp³-hybridized carbons (Fsp3) is 0.308. The molecular formula is C13H13F3N2OS. The van der Waals surface area contributed by atoms with E-state index in [4.69, 9.17) is 0 Å². The van der Waals surface area contributed by atoms with Gasteiger partial charge < -0.3 is 10.1 Å². The fourth-order valence-corrected chi connectivity index (χ4v) is 2.39. The highest BCUT2D eigenvalue weighted by molar-refractivity contribution is 7.11. The molecule has 1 aromatic heterocycles. The van der Waals surface area contributed by atoms with Crippen LogP contribution in [0.3, 0.4) is 0 Å². The Bertz CT molecular complexity index is 551. The Morgan fingerprint density at radius 2 is 1.90 bits per heavy atom. The number of thiazole rings is 1. The van der Waals surface area contributed by atoms with E-state index < -0.39 is 6.36 Å². The summed E-state index contributed by atoms with van der Waals surface area (Å²) < 4.78 is 39.8. The molecule has 2 rings (SSSR count). The molecule has 0 bridgehead atoms. The molecule has 1 aromatic carbocycles. The standard InChI is InChI=1S/C13H13F3N2OS/c1-9-18-8-12(20-9)7-17-6-10-2-4-11(5-3-10)19-13(14,15)16/h2-5,8,17H,6-7H2,1H3. The summed E-state index contributed by atoms with van der Waals surface area (Å²) in [5.74, 6) is -0.209. The second-order valence-corrected chi connectivity index (χ2v) is 5.46. The van der Waals surface area contributed by atoms with E-state index in [1.165, 1.54) is 12.1 Å². The Hall–Kier alpha value is -1.60. The Kier molecular flexibility index (Phi) is 4.61. The molecule has 0 radical (unpaired) electrons. The molecule has 0 aliphatic heterocycles. The molecule has 0 amide bonds. The molecule has 7 heteroatoms. The van der Waals surface area contributed by atoms with Crippen LogP contribution in [-0.4, -0.2) is 11.3 Å². The summed E-state index contributed by atoms with van der Waals surface area (Å²) in [5, 5.41) is 4.22. The van der Waals surface area contributed by atoms with E-state index >= 15 is 0 Å². The lowest BCUT2D eigenvalue weighted by Crippen LogP contribution is -2.17. The molecular weight excluding hydrogens is 289 g/mol. The third-order valence-corrected chi connectivity index (χ3v) is 3.37. The Labute approximate surface area is 118 Å². The number of nitrogens with one attached hydrogen (secondary N) is 1. The van der Waals surface area contributed by atoms with Crippen molar-refractivity contribution < 1.29 is 17.9 Å². The maximum atomic E-state index is 12.0. The summed E-state index contributed by atoms with van der Waals surface area (Å²) in [6, 6.07) is 5.82. The number of hydrogen-bond donors (Lipinski definition) is 1. The first kappa shape index (κ1) is 14.8. The predicted octanol–water partition coefficient (Wildman–Crippen LogP) is 3.64. The van der Waals surface area contributed by atoms with Gasteiger partial charge in [-0.3, -0.25) is 0 Å². The highest BCUT2D eigenvalue weighted by atomic mass is 32.1. The van der Waals surface area contributed by atoms with E-state index in [2.05, 4.69) is 15.0 Å². The van der Waals surface area contributed by atoms with Crippen LogP contribution in [0.15, 0.2) is 30.5 Å². The highest BCUT2D eigenvalue weighted by Crippen LogP contribution is 2.22. The van der Waals surface area contributed by atoms with Gasteiger partial charge in [0.2, 0.25) is 0 Å². The van der Waals surface area contributed by atoms with Gasteiger partial charge in [0.25, 0.3) is 0 Å². The Balaban J connectivity index is 1.82. The molecule has 20 heavy (non-hydrogen) atoms. The third-order valence-electron chi connectivity index (χ3n) is 2.45. The summed E-state index contributed by atoms with van der Waals surface area (Å²) in [6.07, 6.45) is -2.84. The largest absolute Gasteiger partial charge is 0.573 e. The van der Waals surface area contributed by atoms with Crippen molar-refractivity contribution in [3.8, 4) is 5.75 Å². The van der Waals surface area contributed by atoms with Crippen molar-refractivity contribution in [2.45, 2.75) is 26.4 Å². The molecule has 2 aromatic rings. The van der Waals surface area contributed by atoms with Crippen LogP contribution in [0.1, 0.15) is 15.4 Å². The number of halogens is 3. The van der Waals surface area contributed by atoms with Gasteiger partial charge >= 0.3 is 6.36 Å². The molecule has 0 saturated carbocycles. The second kappa shape index (κ2) is 6.23. The average molecular weight is 302 g/mol. The summed E-state index contributed by atoms with van der Waals surface area (Å²) in [4.78, 5) is 5.27. The van der Waals surface area contributed by atoms with Crippen LogP contribution in [0.5, 0.6) is 5.75 Å². The van der Waals surface area contributed by atoms with Gasteiger partial charge in [-0.15, -0.1) is 24.5 Å². The lowest BCUT2D eigenvalue weighted by molar-refractivity contribution is -0.274. The highest BCUT2D eigenvalue weighted by Gasteiger charge is 2.30. The van der Waals surface area contributed by atoms with Crippen molar-refractivity contribution in [3.05, 3.63) is 45.9 Å². The molecule has 1 heterocycles. The molecule has 3 nitrogen and oxygen atoms in total. The molecule has 0 atom stereocenters. The first-order valence-electron chi connectivity index (χ1n) is 5.89. The third kappa shape index (κ3) is 4.82. The van der Waals surface area contributed by atoms with Gasteiger partial charge in [-0.1, -0.05) is 12.1 Å². The number of nitrogens with zero attached hydrogens (tertiary/aromatic N) is 1. The van der Waals surface area contributed by atoms with Crippen LogP contribution in [0.2, 0.25) is 0 Å². The minimum absolute atomic E-state index is 0.209. The molecule has 0 spiro atoms. The lowest BCUT2D eigenvalue weighted by atomic mass is 10.2. The van der Waals surface area contributed by atoms with Gasteiger partial charge in [0.1, 0.15) is 5.75 Å². The number of hydrogen-bond acceptors (Lipinski definition) is 4. The number of aromatic nitrogens is 1. The molecule has 108 valence electrons. The van der Waals surface area contributed by atoms with Crippen LogP contribution < -0.4 is 10.1 Å². The fourth-order valence-electron chi connectivity index (χ4n) is 1.63. The van der Waals surface area contributed by atoms with Crippen molar-refractivity contribution in [1.82, 2.24) is 10.3 Å². The zero-order chi connectivity index (χ0) is 14.6. The van der Waals surface area contributed by atoms with Crippen molar-refractivity contribution in [2.24, 2.45) is 0 Å². The molecule has 0 unspecified atom stereocenters. The number of benzene rings is 1. The number of aryl methyl sites for hydroxylation is 1. The summed E-state index contributed by atoms with van der Waals surface area (Å²) in [7, 11) is 0. The van der Waals surface area contributed by atoms with E-state index in [0.717, 1.165) is 15.4 Å². The lowest BCUT2D eigenvalue weighted by Gasteiger charge is -2.09. The van der Waals surface area contributed by atoms with Gasteiger partial charge in [-0.2, -0.15) is 0 Å². The monoisotopic (exact) mass is 302 g/mol. The summed E-state index contributed by atoms with van der Waals surface area (Å²) in [6.45, 7) is 3.20. The van der Waals surface area contributed by atoms with Crippen molar-refractivity contribution >= 4 is 11.3 Å². The number of ether oxygens (including phenoxy) is 1. The first-order chi connectivity index (χ1) is 9.42. The zero-order valence-electron chi connectivity index (χ0n) is 10.7. The van der Waals surface area contributed by atoms with Gasteiger partial charge in [0, 0.05) is 24.2 Å². The van der Waals surface area contributed by atoms with Crippen molar-refractivity contribution in [3.63, 3.8) is 0 Å². The Morgan fingerprint density at radius 1 is 1.20 bits per heavy atom. The van der Waals surface area contributed by atoms with Gasteiger partial charge in [0.05, 0.1) is 5.01 Å². The topological polar surface area (TPSA) is 34.2 Å². The van der Waals surface area contributed by atoms with Crippen molar-refractivity contribution in [1.29, 1.82) is 0 Å². The maximum Gasteiger partial charge on any atom is 0.573 e. The first-order valence-corrected chi connectivity index (χ1v) is 6.71.